The molecule has 1 aromatic heterocycles. The third-order valence-electron chi connectivity index (χ3n) is 2.81. The van der Waals surface area contributed by atoms with E-state index in [0.29, 0.717) is 0 Å². The second-order valence-corrected chi connectivity index (χ2v) is 8.62. The van der Waals surface area contributed by atoms with Crippen LogP contribution in [-0.2, 0) is 20.6 Å². The molecule has 0 amide bonds. The van der Waals surface area contributed by atoms with E-state index < -0.39 is 9.04 Å². The molecule has 1 aromatic rings. The Labute approximate surface area is 123 Å². The quantitative estimate of drug-likeness (QED) is 0.618. The van der Waals surface area contributed by atoms with Crippen LogP contribution in [-0.4, -0.2) is 20.0 Å². The second kappa shape index (κ2) is 6.99. The monoisotopic (exact) mass is 295 g/mol. The molecule has 1 rings (SSSR count). The van der Waals surface area contributed by atoms with Crippen LogP contribution in [0.3, 0.4) is 0 Å². The first-order chi connectivity index (χ1) is 9.21. The van der Waals surface area contributed by atoms with Crippen LogP contribution in [0.1, 0.15) is 45.1 Å². The molecule has 0 bridgehead atoms. The van der Waals surface area contributed by atoms with Crippen LogP contribution in [0.5, 0.6) is 0 Å². The topological polar surface area (TPSA) is 48.4 Å². The highest BCUT2D eigenvalue weighted by Crippen LogP contribution is 2.37. The Bertz CT molecular complexity index is 455. The molecular weight excluding hydrogens is 270 g/mol. The van der Waals surface area contributed by atoms with Gasteiger partial charge in [-0.1, -0.05) is 26.8 Å². The van der Waals surface area contributed by atoms with Crippen molar-refractivity contribution >= 4 is 15.0 Å². The maximum Gasteiger partial charge on any atom is 0.303 e. The zero-order chi connectivity index (χ0) is 15.3. The number of pyridine rings is 1. The molecule has 0 spiro atoms. The maximum absolute atomic E-state index is 11.0. The van der Waals surface area contributed by atoms with Crippen LogP contribution in [0.4, 0.5) is 0 Å². The van der Waals surface area contributed by atoms with Crippen molar-refractivity contribution in [2.75, 3.05) is 0 Å². The van der Waals surface area contributed by atoms with Crippen molar-refractivity contribution in [1.29, 1.82) is 0 Å². The average Bonchev–Trinajstić information content (AvgIpc) is 2.32. The molecule has 20 heavy (non-hydrogen) atoms. The highest BCUT2D eigenvalue weighted by molar-refractivity contribution is 6.48. The molecule has 1 atom stereocenters. The zero-order valence-corrected chi connectivity index (χ0v) is 14.4. The van der Waals surface area contributed by atoms with E-state index in [9.17, 15) is 4.79 Å². The van der Waals surface area contributed by atoms with Crippen LogP contribution in [0.15, 0.2) is 18.3 Å². The molecule has 0 aliphatic carbocycles. The summed E-state index contributed by atoms with van der Waals surface area (Å²) in [6.07, 6.45) is 1.68. The molecule has 0 aliphatic rings. The Morgan fingerprint density at radius 1 is 1.40 bits per heavy atom. The van der Waals surface area contributed by atoms with Crippen LogP contribution in [0.25, 0.3) is 0 Å². The number of esters is 1. The van der Waals surface area contributed by atoms with Crippen LogP contribution in [0.2, 0.25) is 13.1 Å². The molecule has 0 saturated heterocycles. The Hall–Kier alpha value is -1.20. The molecular formula is C15H25NO3Si. The number of ether oxygens (including phenoxy) is 1. The van der Waals surface area contributed by atoms with Crippen LogP contribution in [0, 0.1) is 5.41 Å². The Morgan fingerprint density at radius 3 is 2.55 bits per heavy atom. The molecule has 5 heteroatoms. The lowest BCUT2D eigenvalue weighted by Gasteiger charge is -2.33. The minimum atomic E-state index is -1.19. The number of aromatic nitrogens is 1. The van der Waals surface area contributed by atoms with Crippen molar-refractivity contribution < 1.29 is 14.0 Å². The lowest BCUT2D eigenvalue weighted by molar-refractivity contribution is -0.142. The summed E-state index contributed by atoms with van der Waals surface area (Å²) in [7, 11) is -1.19. The number of carbonyl (C=O) groups is 1. The van der Waals surface area contributed by atoms with E-state index in [0.717, 1.165) is 11.3 Å². The van der Waals surface area contributed by atoms with Gasteiger partial charge in [0.1, 0.15) is 6.61 Å². The van der Waals surface area contributed by atoms with Gasteiger partial charge in [0.05, 0.1) is 11.8 Å². The minimum absolute atomic E-state index is 0.0339. The number of nitrogens with zero attached hydrogens (tertiary/aromatic N) is 1. The van der Waals surface area contributed by atoms with Gasteiger partial charge in [0.2, 0.25) is 0 Å². The molecule has 0 fully saturated rings. The summed E-state index contributed by atoms with van der Waals surface area (Å²) in [5.74, 6) is -0.298. The van der Waals surface area contributed by atoms with E-state index in [1.165, 1.54) is 6.92 Å². The molecule has 4 nitrogen and oxygen atoms in total. The third-order valence-corrected chi connectivity index (χ3v) is 3.63. The molecule has 0 N–H and O–H groups in total. The fourth-order valence-electron chi connectivity index (χ4n) is 2.00. The SMILES string of the molecule is CC(=O)OCc1ncccc1C(O[SiH](C)C)C(C)(C)C. The molecule has 0 saturated carbocycles. The summed E-state index contributed by atoms with van der Waals surface area (Å²) < 4.78 is 11.3. The van der Waals surface area contributed by atoms with E-state index >= 15 is 0 Å². The summed E-state index contributed by atoms with van der Waals surface area (Å²) in [6, 6.07) is 3.91. The van der Waals surface area contributed by atoms with Crippen molar-refractivity contribution in [3.63, 3.8) is 0 Å². The van der Waals surface area contributed by atoms with Crippen molar-refractivity contribution in [3.05, 3.63) is 29.6 Å². The van der Waals surface area contributed by atoms with Gasteiger partial charge in [-0.05, 0) is 24.6 Å². The fraction of sp³-hybridized carbons (Fsp3) is 0.600. The minimum Gasteiger partial charge on any atom is -0.459 e. The first kappa shape index (κ1) is 16.9. The van der Waals surface area contributed by atoms with Gasteiger partial charge in [0.25, 0.3) is 0 Å². The van der Waals surface area contributed by atoms with Gasteiger partial charge < -0.3 is 9.16 Å². The summed E-state index contributed by atoms with van der Waals surface area (Å²) in [6.45, 7) is 12.4. The lowest BCUT2D eigenvalue weighted by atomic mass is 9.84. The van der Waals surface area contributed by atoms with Crippen molar-refractivity contribution in [2.45, 2.75) is 53.5 Å². The predicted octanol–water partition coefficient (Wildman–Crippen LogP) is 3.23. The normalized spacial score (nSPS) is 13.3. The van der Waals surface area contributed by atoms with Crippen LogP contribution < -0.4 is 0 Å². The van der Waals surface area contributed by atoms with Gasteiger partial charge in [0.15, 0.2) is 9.04 Å². The number of carbonyl (C=O) groups excluding carboxylic acids is 1. The van der Waals surface area contributed by atoms with Crippen molar-refractivity contribution in [1.82, 2.24) is 4.98 Å². The standard InChI is InChI=1S/C15H25NO3Si/c1-11(17)18-10-13-12(8-7-9-16-13)14(15(2,3)4)19-20(5)6/h7-9,14,20H,10H2,1-6H3. The highest BCUT2D eigenvalue weighted by atomic mass is 28.3. The van der Waals surface area contributed by atoms with E-state index in [1.807, 2.05) is 12.1 Å². The number of hydrogen-bond donors (Lipinski definition) is 0. The third kappa shape index (κ3) is 5.05. The predicted molar refractivity (Wildman–Crippen MR) is 81.9 cm³/mol. The zero-order valence-electron chi connectivity index (χ0n) is 13.3. The molecule has 1 unspecified atom stereocenters. The molecule has 112 valence electrons. The molecule has 1 heterocycles. The highest BCUT2D eigenvalue weighted by Gasteiger charge is 2.30. The fourth-order valence-corrected chi connectivity index (χ4v) is 3.10. The van der Waals surface area contributed by atoms with Crippen LogP contribution >= 0.6 is 0 Å². The van der Waals surface area contributed by atoms with E-state index in [1.54, 1.807) is 6.20 Å². The average molecular weight is 295 g/mol. The van der Waals surface area contributed by atoms with Gasteiger partial charge in [-0.3, -0.25) is 9.78 Å². The molecule has 0 aromatic carbocycles. The Kier molecular flexibility index (Phi) is 5.89. The maximum atomic E-state index is 11.0. The first-order valence-corrected chi connectivity index (χ1v) is 9.72. The van der Waals surface area contributed by atoms with Gasteiger partial charge in [-0.15, -0.1) is 0 Å². The number of rotatable bonds is 5. The first-order valence-electron chi connectivity index (χ1n) is 6.94. The summed E-state index contributed by atoms with van der Waals surface area (Å²) in [4.78, 5) is 15.3. The van der Waals surface area contributed by atoms with Gasteiger partial charge in [-0.2, -0.15) is 0 Å². The van der Waals surface area contributed by atoms with E-state index in [2.05, 4.69) is 38.8 Å². The van der Waals surface area contributed by atoms with E-state index in [4.69, 9.17) is 9.16 Å². The number of hydrogen-bond acceptors (Lipinski definition) is 4. The van der Waals surface area contributed by atoms with Gasteiger partial charge >= 0.3 is 5.97 Å². The summed E-state index contributed by atoms with van der Waals surface area (Å²) in [5, 5.41) is 0. The van der Waals surface area contributed by atoms with Crippen molar-refractivity contribution in [2.24, 2.45) is 5.41 Å². The lowest BCUT2D eigenvalue weighted by Crippen LogP contribution is -2.27. The molecule has 0 aliphatic heterocycles. The summed E-state index contributed by atoms with van der Waals surface area (Å²) in [5.41, 5.74) is 1.75. The smallest absolute Gasteiger partial charge is 0.303 e. The van der Waals surface area contributed by atoms with Gasteiger partial charge in [-0.25, -0.2) is 0 Å². The van der Waals surface area contributed by atoms with E-state index in [-0.39, 0.29) is 24.1 Å². The Morgan fingerprint density at radius 2 is 2.05 bits per heavy atom. The van der Waals surface area contributed by atoms with Gasteiger partial charge in [0, 0.05) is 18.7 Å². The van der Waals surface area contributed by atoms with Crippen molar-refractivity contribution in [3.8, 4) is 0 Å². The largest absolute Gasteiger partial charge is 0.459 e. The summed E-state index contributed by atoms with van der Waals surface area (Å²) >= 11 is 0. The Balaban J connectivity index is 3.09. The second-order valence-electron chi connectivity index (χ2n) is 6.25. The molecule has 0 radical (unpaired) electrons.